The molecule has 1 aromatic heterocycles. The van der Waals surface area contributed by atoms with Crippen LogP contribution in [0.4, 0.5) is 5.82 Å². The molecule has 0 aromatic carbocycles. The molecule has 0 bridgehead atoms. The third-order valence-corrected chi connectivity index (χ3v) is 4.91. The summed E-state index contributed by atoms with van der Waals surface area (Å²) < 4.78 is 7.14. The molecule has 7 nitrogen and oxygen atoms in total. The first-order chi connectivity index (χ1) is 10.7. The zero-order chi connectivity index (χ0) is 15.5. The monoisotopic (exact) mass is 324 g/mol. The highest BCUT2D eigenvalue weighted by molar-refractivity contribution is 7.99. The topological polar surface area (TPSA) is 67.7 Å². The number of aromatic nitrogens is 2. The van der Waals surface area contributed by atoms with Gasteiger partial charge in [0, 0.05) is 50.6 Å². The van der Waals surface area contributed by atoms with Crippen LogP contribution in [0.15, 0.2) is 17.2 Å². The van der Waals surface area contributed by atoms with E-state index in [0.717, 1.165) is 24.6 Å². The lowest BCUT2D eigenvalue weighted by Gasteiger charge is -2.36. The van der Waals surface area contributed by atoms with Gasteiger partial charge in [-0.3, -0.25) is 9.59 Å². The lowest BCUT2D eigenvalue weighted by Crippen LogP contribution is -2.53. The minimum atomic E-state index is -0.511. The summed E-state index contributed by atoms with van der Waals surface area (Å²) in [5.41, 5.74) is -0.148. The molecular weight excluding hydrogens is 304 g/mol. The van der Waals surface area contributed by atoms with Gasteiger partial charge in [0.2, 0.25) is 0 Å². The Bertz CT molecular complexity index is 600. The summed E-state index contributed by atoms with van der Waals surface area (Å²) in [4.78, 5) is 32.6. The molecule has 2 aliphatic rings. The summed E-state index contributed by atoms with van der Waals surface area (Å²) >= 11 is 1.86. The van der Waals surface area contributed by atoms with E-state index in [2.05, 4.69) is 4.98 Å². The molecule has 2 fully saturated rings. The Morgan fingerprint density at radius 2 is 2.14 bits per heavy atom. The van der Waals surface area contributed by atoms with Gasteiger partial charge in [0.1, 0.15) is 0 Å². The van der Waals surface area contributed by atoms with Crippen molar-refractivity contribution in [2.75, 3.05) is 49.2 Å². The SMILES string of the molecule is Cn1ccnc(N2CCOC(C(=O)N3CCSCC3)C2)c1=O. The van der Waals surface area contributed by atoms with Crippen LogP contribution >= 0.6 is 11.8 Å². The lowest BCUT2D eigenvalue weighted by atomic mass is 10.2. The summed E-state index contributed by atoms with van der Waals surface area (Å²) in [7, 11) is 1.70. The fourth-order valence-corrected chi connectivity index (χ4v) is 3.58. The van der Waals surface area contributed by atoms with Crippen molar-refractivity contribution in [2.45, 2.75) is 6.10 Å². The Hall–Kier alpha value is -1.54. The molecule has 1 atom stereocenters. The van der Waals surface area contributed by atoms with Gasteiger partial charge in [0.05, 0.1) is 13.2 Å². The smallest absolute Gasteiger partial charge is 0.293 e. The normalized spacial score (nSPS) is 22.7. The van der Waals surface area contributed by atoms with Crippen molar-refractivity contribution in [3.05, 3.63) is 22.7 Å². The zero-order valence-corrected chi connectivity index (χ0v) is 13.4. The lowest BCUT2D eigenvalue weighted by molar-refractivity contribution is -0.144. The highest BCUT2D eigenvalue weighted by atomic mass is 32.2. The highest BCUT2D eigenvalue weighted by Gasteiger charge is 2.32. The summed E-state index contributed by atoms with van der Waals surface area (Å²) in [6.07, 6.45) is 2.72. The van der Waals surface area contributed by atoms with Gasteiger partial charge in [-0.25, -0.2) is 4.98 Å². The summed E-state index contributed by atoms with van der Waals surface area (Å²) in [6, 6.07) is 0. The maximum absolute atomic E-state index is 12.5. The van der Waals surface area contributed by atoms with E-state index < -0.39 is 6.10 Å². The van der Waals surface area contributed by atoms with E-state index in [4.69, 9.17) is 4.74 Å². The average molecular weight is 324 g/mol. The second-order valence-electron chi connectivity index (χ2n) is 5.41. The minimum absolute atomic E-state index is 0.0257. The summed E-state index contributed by atoms with van der Waals surface area (Å²) in [5, 5.41) is 0. The van der Waals surface area contributed by atoms with Crippen LogP contribution in [0.3, 0.4) is 0 Å². The number of carbonyl (C=O) groups excluding carboxylic acids is 1. The highest BCUT2D eigenvalue weighted by Crippen LogP contribution is 2.16. The van der Waals surface area contributed by atoms with Gasteiger partial charge in [-0.05, 0) is 0 Å². The summed E-state index contributed by atoms with van der Waals surface area (Å²) in [5.74, 6) is 2.37. The first-order valence-electron chi connectivity index (χ1n) is 7.41. The second-order valence-corrected chi connectivity index (χ2v) is 6.63. The van der Waals surface area contributed by atoms with Crippen LogP contribution in [0, 0.1) is 0 Å². The van der Waals surface area contributed by atoms with Crippen molar-refractivity contribution >= 4 is 23.5 Å². The number of amides is 1. The molecule has 3 heterocycles. The van der Waals surface area contributed by atoms with Crippen LogP contribution in [-0.4, -0.2) is 70.8 Å². The van der Waals surface area contributed by atoms with E-state index in [1.165, 1.54) is 4.57 Å². The van der Waals surface area contributed by atoms with E-state index in [1.54, 1.807) is 19.4 Å². The Morgan fingerprint density at radius 1 is 1.36 bits per heavy atom. The molecule has 0 aliphatic carbocycles. The van der Waals surface area contributed by atoms with E-state index in [-0.39, 0.29) is 11.5 Å². The number of anilines is 1. The molecule has 0 spiro atoms. The van der Waals surface area contributed by atoms with Crippen LogP contribution in [0.5, 0.6) is 0 Å². The number of hydrogen-bond donors (Lipinski definition) is 0. The van der Waals surface area contributed by atoms with Crippen LogP contribution < -0.4 is 10.5 Å². The molecule has 8 heteroatoms. The van der Waals surface area contributed by atoms with Gasteiger partial charge >= 0.3 is 0 Å². The minimum Gasteiger partial charge on any atom is -0.365 e. The Morgan fingerprint density at radius 3 is 2.91 bits per heavy atom. The third-order valence-electron chi connectivity index (χ3n) is 3.96. The fourth-order valence-electron chi connectivity index (χ4n) is 2.68. The first-order valence-corrected chi connectivity index (χ1v) is 8.57. The van der Waals surface area contributed by atoms with Gasteiger partial charge in [-0.2, -0.15) is 11.8 Å². The molecule has 120 valence electrons. The Balaban J connectivity index is 1.72. The van der Waals surface area contributed by atoms with Gasteiger partial charge < -0.3 is 19.1 Å². The molecule has 2 aliphatic heterocycles. The van der Waals surface area contributed by atoms with Crippen LogP contribution in [0.1, 0.15) is 0 Å². The predicted octanol–water partition coefficient (Wildman–Crippen LogP) is -0.439. The van der Waals surface area contributed by atoms with Crippen LogP contribution in [0.25, 0.3) is 0 Å². The standard InChI is InChI=1S/C14H20N4O3S/c1-16-3-2-15-12(14(16)20)18-4-7-21-11(10-18)13(19)17-5-8-22-9-6-17/h2-3,11H,4-10H2,1H3. The number of morpholine rings is 1. The van der Waals surface area contributed by atoms with Crippen LogP contribution in [-0.2, 0) is 16.6 Å². The molecule has 0 radical (unpaired) electrons. The predicted molar refractivity (Wildman–Crippen MR) is 85.3 cm³/mol. The molecular formula is C14H20N4O3S. The van der Waals surface area contributed by atoms with Crippen molar-refractivity contribution in [1.82, 2.24) is 14.5 Å². The van der Waals surface area contributed by atoms with E-state index in [1.807, 2.05) is 21.6 Å². The van der Waals surface area contributed by atoms with E-state index >= 15 is 0 Å². The number of hydrogen-bond acceptors (Lipinski definition) is 6. The van der Waals surface area contributed by atoms with Crippen molar-refractivity contribution in [3.63, 3.8) is 0 Å². The zero-order valence-electron chi connectivity index (χ0n) is 12.6. The largest absolute Gasteiger partial charge is 0.365 e. The molecule has 2 saturated heterocycles. The van der Waals surface area contributed by atoms with E-state index in [9.17, 15) is 9.59 Å². The molecule has 3 rings (SSSR count). The van der Waals surface area contributed by atoms with Gasteiger partial charge in [-0.1, -0.05) is 0 Å². The van der Waals surface area contributed by atoms with Crippen molar-refractivity contribution in [3.8, 4) is 0 Å². The Labute approximate surface area is 133 Å². The third kappa shape index (κ3) is 3.12. The molecule has 1 unspecified atom stereocenters. The van der Waals surface area contributed by atoms with Gasteiger partial charge in [-0.15, -0.1) is 0 Å². The van der Waals surface area contributed by atoms with Gasteiger partial charge in [0.25, 0.3) is 11.5 Å². The first kappa shape index (κ1) is 15.4. The van der Waals surface area contributed by atoms with Crippen molar-refractivity contribution in [2.24, 2.45) is 7.05 Å². The number of aryl methyl sites for hydroxylation is 1. The number of rotatable bonds is 2. The molecule has 22 heavy (non-hydrogen) atoms. The van der Waals surface area contributed by atoms with E-state index in [0.29, 0.717) is 25.5 Å². The van der Waals surface area contributed by atoms with Crippen molar-refractivity contribution < 1.29 is 9.53 Å². The maximum atomic E-state index is 12.5. The van der Waals surface area contributed by atoms with Crippen LogP contribution in [0.2, 0.25) is 0 Å². The average Bonchev–Trinajstić information content (AvgIpc) is 2.57. The second kappa shape index (κ2) is 6.70. The Kier molecular flexibility index (Phi) is 4.68. The number of carbonyl (C=O) groups is 1. The van der Waals surface area contributed by atoms with Gasteiger partial charge in [0.15, 0.2) is 11.9 Å². The van der Waals surface area contributed by atoms with Crippen molar-refractivity contribution in [1.29, 1.82) is 0 Å². The molecule has 0 saturated carbocycles. The molecule has 1 amide bonds. The quantitative estimate of drug-likeness (QED) is 0.735. The maximum Gasteiger partial charge on any atom is 0.293 e. The molecule has 1 aromatic rings. The number of nitrogens with zero attached hydrogens (tertiary/aromatic N) is 4. The molecule has 0 N–H and O–H groups in total. The number of thioether (sulfide) groups is 1. The number of ether oxygens (including phenoxy) is 1. The fraction of sp³-hybridized carbons (Fsp3) is 0.643. The summed E-state index contributed by atoms with van der Waals surface area (Å²) in [6.45, 7) is 2.93.